The Balaban J connectivity index is 1.40. The normalized spacial score (nSPS) is 17.7. The van der Waals surface area contributed by atoms with E-state index in [2.05, 4.69) is 15.3 Å². The van der Waals surface area contributed by atoms with Crippen molar-refractivity contribution in [3.8, 4) is 23.1 Å². The van der Waals surface area contributed by atoms with Crippen LogP contribution in [0.3, 0.4) is 0 Å². The Hall–Kier alpha value is -3.50. The molecule has 0 bridgehead atoms. The number of hydrogen-bond acceptors (Lipinski definition) is 6. The maximum Gasteiger partial charge on any atom is 0.312 e. The van der Waals surface area contributed by atoms with Crippen molar-refractivity contribution in [2.45, 2.75) is 31.7 Å². The van der Waals surface area contributed by atoms with Gasteiger partial charge in [-0.2, -0.15) is 0 Å². The summed E-state index contributed by atoms with van der Waals surface area (Å²) in [5, 5.41) is 2.44. The lowest BCUT2D eigenvalue weighted by atomic mass is 10.3. The van der Waals surface area contributed by atoms with E-state index < -0.39 is 23.7 Å². The molecule has 3 aromatic rings. The van der Waals surface area contributed by atoms with Gasteiger partial charge in [0.1, 0.15) is 23.6 Å². The molecule has 2 heterocycles. The average Bonchev–Trinajstić information content (AvgIpc) is 3.13. The number of fused-ring (bicyclic) bond motifs is 1. The lowest BCUT2D eigenvalue weighted by Gasteiger charge is -2.13. The second-order valence-corrected chi connectivity index (χ2v) is 7.67. The summed E-state index contributed by atoms with van der Waals surface area (Å²) in [7, 11) is 0. The molecule has 1 fully saturated rings. The third-order valence-electron chi connectivity index (χ3n) is 4.96. The number of pyridine rings is 1. The molecule has 0 aliphatic heterocycles. The summed E-state index contributed by atoms with van der Waals surface area (Å²) in [6.45, 7) is 1.92. The van der Waals surface area contributed by atoms with E-state index >= 15 is 0 Å². The number of nitrogens with zero attached hydrogens (tertiary/aromatic N) is 2. The number of amides is 2. The SMILES string of the molecule is C[C@@H](COc1cnc(-c2nc3ccc(OCCC4CC4(F)F)cc3o2)c(F)c1)NC(N)=O. The molecule has 170 valence electrons. The van der Waals surface area contributed by atoms with E-state index in [1.54, 1.807) is 25.1 Å². The van der Waals surface area contributed by atoms with Gasteiger partial charge in [-0.3, -0.25) is 0 Å². The fraction of sp³-hybridized carbons (Fsp3) is 0.381. The molecule has 1 aliphatic rings. The van der Waals surface area contributed by atoms with Crippen molar-refractivity contribution in [3.05, 3.63) is 36.3 Å². The number of alkyl halides is 2. The van der Waals surface area contributed by atoms with Crippen molar-refractivity contribution in [3.63, 3.8) is 0 Å². The molecule has 2 amide bonds. The van der Waals surface area contributed by atoms with Gasteiger partial charge in [-0.1, -0.05) is 0 Å². The van der Waals surface area contributed by atoms with Crippen molar-refractivity contribution in [1.29, 1.82) is 0 Å². The van der Waals surface area contributed by atoms with Gasteiger partial charge in [-0.15, -0.1) is 0 Å². The summed E-state index contributed by atoms with van der Waals surface area (Å²) >= 11 is 0. The number of oxazole rings is 1. The summed E-state index contributed by atoms with van der Waals surface area (Å²) in [6.07, 6.45) is 1.49. The van der Waals surface area contributed by atoms with Crippen molar-refractivity contribution >= 4 is 17.1 Å². The molecule has 2 aromatic heterocycles. The molecule has 32 heavy (non-hydrogen) atoms. The van der Waals surface area contributed by atoms with Crippen LogP contribution in [0.1, 0.15) is 19.8 Å². The number of hydrogen-bond donors (Lipinski definition) is 2. The van der Waals surface area contributed by atoms with Crippen LogP contribution in [0.25, 0.3) is 22.7 Å². The standard InChI is InChI=1S/C21H21F3N4O4/c1-11(27-20(25)29)10-31-14-6-15(22)18(26-9-14)19-28-16-3-2-13(7-17(16)32-19)30-5-4-12-8-21(12,23)24/h2-3,6-7,9,11-12H,4-5,8,10H2,1H3,(H3,25,27,29)/t11-,12?/m0/s1. The molecule has 0 spiro atoms. The Kier molecular flexibility index (Phi) is 5.81. The van der Waals surface area contributed by atoms with Gasteiger partial charge >= 0.3 is 6.03 Å². The quantitative estimate of drug-likeness (QED) is 0.512. The van der Waals surface area contributed by atoms with Gasteiger partial charge < -0.3 is 24.9 Å². The zero-order chi connectivity index (χ0) is 22.9. The Morgan fingerprint density at radius 1 is 1.34 bits per heavy atom. The molecule has 1 aromatic carbocycles. The number of carbonyl (C=O) groups excluding carboxylic acids is 1. The smallest absolute Gasteiger partial charge is 0.312 e. The highest BCUT2D eigenvalue weighted by atomic mass is 19.3. The summed E-state index contributed by atoms with van der Waals surface area (Å²) in [4.78, 5) is 19.1. The van der Waals surface area contributed by atoms with E-state index in [9.17, 15) is 18.0 Å². The van der Waals surface area contributed by atoms with Gasteiger partial charge in [0.05, 0.1) is 18.8 Å². The first-order valence-corrected chi connectivity index (χ1v) is 9.97. The second kappa shape index (κ2) is 8.56. The molecule has 3 N–H and O–H groups in total. The molecule has 0 saturated heterocycles. The van der Waals surface area contributed by atoms with Crippen LogP contribution in [0.15, 0.2) is 34.9 Å². The number of nitrogens with one attached hydrogen (secondary N) is 1. The highest BCUT2D eigenvalue weighted by molar-refractivity contribution is 5.77. The zero-order valence-corrected chi connectivity index (χ0v) is 17.1. The lowest BCUT2D eigenvalue weighted by Crippen LogP contribution is -2.40. The van der Waals surface area contributed by atoms with Crippen LogP contribution in [0.5, 0.6) is 11.5 Å². The maximum atomic E-state index is 14.6. The molecule has 0 radical (unpaired) electrons. The largest absolute Gasteiger partial charge is 0.493 e. The second-order valence-electron chi connectivity index (χ2n) is 7.67. The molecule has 1 saturated carbocycles. The number of urea groups is 1. The van der Waals surface area contributed by atoms with Crippen molar-refractivity contribution in [2.75, 3.05) is 13.2 Å². The van der Waals surface area contributed by atoms with Gasteiger partial charge in [-0.25, -0.2) is 27.9 Å². The molecular weight excluding hydrogens is 429 g/mol. The van der Waals surface area contributed by atoms with Crippen molar-refractivity contribution < 1.29 is 31.9 Å². The van der Waals surface area contributed by atoms with Crippen LogP contribution in [-0.4, -0.2) is 41.2 Å². The minimum Gasteiger partial charge on any atom is -0.493 e. The zero-order valence-electron chi connectivity index (χ0n) is 17.1. The lowest BCUT2D eigenvalue weighted by molar-refractivity contribution is 0.0930. The van der Waals surface area contributed by atoms with E-state index in [1.165, 1.54) is 6.20 Å². The maximum absolute atomic E-state index is 14.6. The highest BCUT2D eigenvalue weighted by Crippen LogP contribution is 2.50. The predicted molar refractivity (Wildman–Crippen MR) is 108 cm³/mol. The molecule has 2 atom stereocenters. The monoisotopic (exact) mass is 450 g/mol. The fourth-order valence-electron chi connectivity index (χ4n) is 3.16. The number of primary amides is 1. The predicted octanol–water partition coefficient (Wildman–Crippen LogP) is 3.89. The molecule has 11 heteroatoms. The first-order valence-electron chi connectivity index (χ1n) is 9.97. The van der Waals surface area contributed by atoms with Gasteiger partial charge in [0.2, 0.25) is 5.89 Å². The summed E-state index contributed by atoms with van der Waals surface area (Å²) < 4.78 is 57.0. The number of ether oxygens (including phenoxy) is 2. The van der Waals surface area contributed by atoms with E-state index in [-0.39, 0.29) is 49.4 Å². The van der Waals surface area contributed by atoms with Gasteiger partial charge in [0, 0.05) is 24.5 Å². The summed E-state index contributed by atoms with van der Waals surface area (Å²) in [5.41, 5.74) is 5.74. The number of rotatable bonds is 9. The number of carbonyl (C=O) groups is 1. The number of nitrogens with two attached hydrogens (primary N) is 1. The van der Waals surface area contributed by atoms with E-state index in [0.29, 0.717) is 16.8 Å². The van der Waals surface area contributed by atoms with Crippen LogP contribution in [0, 0.1) is 11.7 Å². The van der Waals surface area contributed by atoms with Gasteiger partial charge in [0.25, 0.3) is 5.92 Å². The first-order chi connectivity index (χ1) is 15.2. The minimum absolute atomic E-state index is 0.0254. The molecular formula is C21H21F3N4O4. The Labute approximate surface area is 180 Å². The Bertz CT molecular complexity index is 1140. The molecule has 8 nitrogen and oxygen atoms in total. The third-order valence-corrected chi connectivity index (χ3v) is 4.96. The van der Waals surface area contributed by atoms with Crippen LogP contribution in [0.2, 0.25) is 0 Å². The summed E-state index contributed by atoms with van der Waals surface area (Å²) in [6, 6.07) is 4.92. The van der Waals surface area contributed by atoms with Crippen molar-refractivity contribution in [2.24, 2.45) is 11.7 Å². The molecule has 4 rings (SSSR count). The average molecular weight is 450 g/mol. The van der Waals surface area contributed by atoms with Crippen LogP contribution >= 0.6 is 0 Å². The van der Waals surface area contributed by atoms with Gasteiger partial charge in [0.15, 0.2) is 17.1 Å². The topological polar surface area (TPSA) is 112 Å². The van der Waals surface area contributed by atoms with E-state index in [1.807, 2.05) is 0 Å². The summed E-state index contributed by atoms with van der Waals surface area (Å²) in [5.74, 6) is -3.30. The minimum atomic E-state index is -2.57. The third kappa shape index (κ3) is 5.04. The van der Waals surface area contributed by atoms with Crippen LogP contribution in [-0.2, 0) is 0 Å². The molecule has 1 unspecified atom stereocenters. The number of halogens is 3. The number of benzene rings is 1. The fourth-order valence-corrected chi connectivity index (χ4v) is 3.16. The van der Waals surface area contributed by atoms with E-state index in [4.69, 9.17) is 19.6 Å². The van der Waals surface area contributed by atoms with Crippen LogP contribution in [0.4, 0.5) is 18.0 Å². The number of aromatic nitrogens is 2. The first kappa shape index (κ1) is 21.7. The van der Waals surface area contributed by atoms with E-state index in [0.717, 1.165) is 6.07 Å². The van der Waals surface area contributed by atoms with Crippen LogP contribution < -0.4 is 20.5 Å². The van der Waals surface area contributed by atoms with Gasteiger partial charge in [-0.05, 0) is 25.5 Å². The Morgan fingerprint density at radius 3 is 2.81 bits per heavy atom. The molecule has 1 aliphatic carbocycles. The highest BCUT2D eigenvalue weighted by Gasteiger charge is 2.56. The Morgan fingerprint density at radius 2 is 2.12 bits per heavy atom. The van der Waals surface area contributed by atoms with Crippen molar-refractivity contribution in [1.82, 2.24) is 15.3 Å².